The highest BCUT2D eigenvalue weighted by atomic mass is 79.9. The van der Waals surface area contributed by atoms with Gasteiger partial charge < -0.3 is 9.32 Å². The fourth-order valence-corrected chi connectivity index (χ4v) is 4.56. The van der Waals surface area contributed by atoms with Crippen molar-refractivity contribution in [3.63, 3.8) is 0 Å². The van der Waals surface area contributed by atoms with Crippen molar-refractivity contribution in [2.24, 2.45) is 0 Å². The van der Waals surface area contributed by atoms with Crippen molar-refractivity contribution in [3.8, 4) is 11.5 Å². The monoisotopic (exact) mass is 508 g/mol. The summed E-state index contributed by atoms with van der Waals surface area (Å²) in [6.07, 6.45) is 0. The van der Waals surface area contributed by atoms with E-state index in [0.29, 0.717) is 11.8 Å². The number of benzene rings is 3. The van der Waals surface area contributed by atoms with Gasteiger partial charge in [-0.25, -0.2) is 0 Å². The van der Waals surface area contributed by atoms with Crippen LogP contribution in [-0.2, 0) is 0 Å². The Balaban J connectivity index is 1.41. The maximum atomic E-state index is 6.20. The van der Waals surface area contributed by atoms with E-state index in [9.17, 15) is 0 Å². The minimum Gasteiger partial charge on any atom is -0.419 e. The summed E-state index contributed by atoms with van der Waals surface area (Å²) in [5, 5.41) is 9.56. The van der Waals surface area contributed by atoms with Gasteiger partial charge in [-0.05, 0) is 48.0 Å². The lowest BCUT2D eigenvalue weighted by Crippen LogP contribution is -2.48. The summed E-state index contributed by atoms with van der Waals surface area (Å²) in [5.74, 6) is 1.16. The number of anilines is 1. The van der Waals surface area contributed by atoms with Crippen LogP contribution >= 0.6 is 27.5 Å². The van der Waals surface area contributed by atoms with E-state index in [4.69, 9.17) is 16.0 Å². The molecule has 1 aromatic heterocycles. The lowest BCUT2D eigenvalue weighted by molar-refractivity contribution is 0.188. The molecule has 0 spiro atoms. The largest absolute Gasteiger partial charge is 0.419 e. The Morgan fingerprint density at radius 2 is 1.59 bits per heavy atom. The molecule has 1 fully saturated rings. The van der Waals surface area contributed by atoms with Crippen molar-refractivity contribution < 1.29 is 4.42 Å². The van der Waals surface area contributed by atoms with E-state index < -0.39 is 0 Å². The zero-order valence-electron chi connectivity index (χ0n) is 17.4. The first kappa shape index (κ1) is 21.2. The topological polar surface area (TPSA) is 45.4 Å². The Labute approximate surface area is 200 Å². The van der Waals surface area contributed by atoms with Crippen molar-refractivity contribution in [2.45, 2.75) is 6.04 Å². The van der Waals surface area contributed by atoms with Crippen molar-refractivity contribution in [1.82, 2.24) is 15.1 Å². The summed E-state index contributed by atoms with van der Waals surface area (Å²) in [6, 6.07) is 26.2. The Morgan fingerprint density at radius 1 is 0.844 bits per heavy atom. The van der Waals surface area contributed by atoms with Crippen molar-refractivity contribution in [2.75, 3.05) is 31.1 Å². The van der Waals surface area contributed by atoms with Gasteiger partial charge in [-0.3, -0.25) is 4.90 Å². The van der Waals surface area contributed by atoms with E-state index in [2.05, 4.69) is 66.3 Å². The molecule has 0 amide bonds. The summed E-state index contributed by atoms with van der Waals surface area (Å²) in [6.45, 7) is 3.53. The quantitative estimate of drug-likeness (QED) is 0.327. The maximum Gasteiger partial charge on any atom is 0.247 e. The third-order valence-corrected chi connectivity index (χ3v) is 6.50. The van der Waals surface area contributed by atoms with Gasteiger partial charge in [-0.1, -0.05) is 63.9 Å². The van der Waals surface area contributed by atoms with Gasteiger partial charge in [0, 0.05) is 46.9 Å². The number of hydrogen-bond acceptors (Lipinski definition) is 5. The molecule has 1 unspecified atom stereocenters. The molecular weight excluding hydrogens is 488 g/mol. The van der Waals surface area contributed by atoms with Crippen LogP contribution in [0, 0.1) is 0 Å². The molecule has 1 aliphatic rings. The molecule has 0 aliphatic carbocycles. The molecule has 0 bridgehead atoms. The van der Waals surface area contributed by atoms with E-state index in [1.807, 2.05) is 48.5 Å². The third-order valence-electron chi connectivity index (χ3n) is 5.73. The van der Waals surface area contributed by atoms with Crippen LogP contribution in [0.3, 0.4) is 0 Å². The number of nitrogens with zero attached hydrogens (tertiary/aromatic N) is 4. The van der Waals surface area contributed by atoms with Gasteiger partial charge in [0.2, 0.25) is 11.8 Å². The molecular formula is C25H22BrClN4O. The molecule has 32 heavy (non-hydrogen) atoms. The molecule has 5 rings (SSSR count). The average molecular weight is 510 g/mol. The molecule has 4 aromatic rings. The molecule has 1 saturated heterocycles. The summed E-state index contributed by atoms with van der Waals surface area (Å²) in [4.78, 5) is 4.77. The Bertz CT molecular complexity index is 1170. The van der Waals surface area contributed by atoms with Gasteiger partial charge in [-0.15, -0.1) is 10.2 Å². The number of aromatic nitrogens is 2. The number of hydrogen-bond donors (Lipinski definition) is 0. The predicted molar refractivity (Wildman–Crippen MR) is 131 cm³/mol. The summed E-state index contributed by atoms with van der Waals surface area (Å²) >= 11 is 9.74. The van der Waals surface area contributed by atoms with E-state index in [0.717, 1.165) is 52.5 Å². The molecule has 1 aliphatic heterocycles. The Hall–Kier alpha value is -2.67. The van der Waals surface area contributed by atoms with E-state index >= 15 is 0 Å². The summed E-state index contributed by atoms with van der Waals surface area (Å²) in [5.41, 5.74) is 3.21. The standard InChI is InChI=1S/C25H22BrClN4O/c26-20-11-9-18(10-12-20)23(25-29-28-24(32-25)19-5-2-1-3-6-19)31-15-13-30(14-16-31)22-8-4-7-21(27)17-22/h1-12,17,23H,13-16H2. The lowest BCUT2D eigenvalue weighted by atomic mass is 10.0. The van der Waals surface area contributed by atoms with E-state index in [-0.39, 0.29) is 6.04 Å². The molecule has 7 heteroatoms. The molecule has 162 valence electrons. The average Bonchev–Trinajstić information content (AvgIpc) is 3.31. The van der Waals surface area contributed by atoms with E-state index in [1.165, 1.54) is 0 Å². The third kappa shape index (κ3) is 4.58. The minimum absolute atomic E-state index is 0.102. The van der Waals surface area contributed by atoms with Crippen LogP contribution in [-0.4, -0.2) is 41.3 Å². The molecule has 2 heterocycles. The van der Waals surface area contributed by atoms with Crippen LogP contribution in [0.4, 0.5) is 5.69 Å². The molecule has 1 atom stereocenters. The summed E-state index contributed by atoms with van der Waals surface area (Å²) in [7, 11) is 0. The Kier molecular flexibility index (Phi) is 6.26. The first-order valence-corrected chi connectivity index (χ1v) is 11.7. The summed E-state index contributed by atoms with van der Waals surface area (Å²) < 4.78 is 7.23. The fourth-order valence-electron chi connectivity index (χ4n) is 4.11. The number of halogens is 2. The fraction of sp³-hybridized carbons (Fsp3) is 0.200. The molecule has 5 nitrogen and oxygen atoms in total. The first-order chi connectivity index (χ1) is 15.7. The molecule has 0 N–H and O–H groups in total. The zero-order valence-corrected chi connectivity index (χ0v) is 19.7. The van der Waals surface area contributed by atoms with Crippen LogP contribution in [0.15, 0.2) is 87.8 Å². The second-order valence-corrected chi connectivity index (χ2v) is 9.12. The molecule has 0 radical (unpaired) electrons. The van der Waals surface area contributed by atoms with E-state index in [1.54, 1.807) is 0 Å². The SMILES string of the molecule is Clc1cccc(N2CCN(C(c3ccc(Br)cc3)c3nnc(-c4ccccc4)o3)CC2)c1. The zero-order chi connectivity index (χ0) is 21.9. The van der Waals surface area contributed by atoms with Crippen LogP contribution < -0.4 is 4.90 Å². The lowest BCUT2D eigenvalue weighted by Gasteiger charge is -2.39. The Morgan fingerprint density at radius 3 is 2.31 bits per heavy atom. The molecule has 0 saturated carbocycles. The minimum atomic E-state index is -0.102. The highest BCUT2D eigenvalue weighted by Gasteiger charge is 2.30. The van der Waals surface area contributed by atoms with Gasteiger partial charge in [0.15, 0.2) is 0 Å². The van der Waals surface area contributed by atoms with Crippen LogP contribution in [0.5, 0.6) is 0 Å². The number of rotatable bonds is 5. The van der Waals surface area contributed by atoms with Crippen molar-refractivity contribution in [1.29, 1.82) is 0 Å². The van der Waals surface area contributed by atoms with Crippen LogP contribution in [0.25, 0.3) is 11.5 Å². The maximum absolute atomic E-state index is 6.20. The normalized spacial score (nSPS) is 15.6. The van der Waals surface area contributed by atoms with Gasteiger partial charge in [-0.2, -0.15) is 0 Å². The van der Waals surface area contributed by atoms with Gasteiger partial charge in [0.1, 0.15) is 6.04 Å². The molecule has 3 aromatic carbocycles. The second kappa shape index (κ2) is 9.45. The smallest absolute Gasteiger partial charge is 0.247 e. The van der Waals surface area contributed by atoms with Gasteiger partial charge >= 0.3 is 0 Å². The highest BCUT2D eigenvalue weighted by molar-refractivity contribution is 9.10. The second-order valence-electron chi connectivity index (χ2n) is 7.77. The number of piperazine rings is 1. The highest BCUT2D eigenvalue weighted by Crippen LogP contribution is 2.32. The van der Waals surface area contributed by atoms with Crippen molar-refractivity contribution in [3.05, 3.63) is 99.8 Å². The van der Waals surface area contributed by atoms with Gasteiger partial charge in [0.05, 0.1) is 0 Å². The van der Waals surface area contributed by atoms with Gasteiger partial charge in [0.25, 0.3) is 0 Å². The predicted octanol–water partition coefficient (Wildman–Crippen LogP) is 6.06. The van der Waals surface area contributed by atoms with Crippen LogP contribution in [0.1, 0.15) is 17.5 Å². The van der Waals surface area contributed by atoms with Crippen molar-refractivity contribution >= 4 is 33.2 Å². The first-order valence-electron chi connectivity index (χ1n) is 10.6. The van der Waals surface area contributed by atoms with Crippen LogP contribution in [0.2, 0.25) is 5.02 Å².